The molecule has 1 aliphatic rings. The van der Waals surface area contributed by atoms with Gasteiger partial charge in [-0.25, -0.2) is 0 Å². The van der Waals surface area contributed by atoms with Crippen molar-refractivity contribution in [3.8, 4) is 0 Å². The third-order valence-corrected chi connectivity index (χ3v) is 2.10. The van der Waals surface area contributed by atoms with Gasteiger partial charge in [0.25, 0.3) is 0 Å². The zero-order chi connectivity index (χ0) is 7.40. The molecule has 0 spiro atoms. The minimum atomic E-state index is 0. The van der Waals surface area contributed by atoms with Gasteiger partial charge in [-0.1, -0.05) is 0 Å². The Bertz CT molecular complexity index is 94.7. The van der Waals surface area contributed by atoms with Crippen LogP contribution >= 0.6 is 36.4 Å². The second-order valence-corrected chi connectivity index (χ2v) is 3.27. The molecule has 76 valence electrons. The average molecular weight is 236 g/mol. The van der Waals surface area contributed by atoms with Crippen LogP contribution < -0.4 is 10.6 Å². The first-order valence-electron chi connectivity index (χ1n) is 3.85. The third-order valence-electron chi connectivity index (χ3n) is 1.88. The van der Waals surface area contributed by atoms with Crippen LogP contribution in [-0.2, 0) is 0 Å². The summed E-state index contributed by atoms with van der Waals surface area (Å²) in [5.74, 6) is 0.758. The Balaban J connectivity index is 0. The van der Waals surface area contributed by atoms with Crippen LogP contribution in [0.2, 0.25) is 0 Å². The summed E-state index contributed by atoms with van der Waals surface area (Å²) < 4.78 is 0. The number of hydrogen-bond acceptors (Lipinski definition) is 2. The lowest BCUT2D eigenvalue weighted by Gasteiger charge is -2.28. The van der Waals surface area contributed by atoms with Crippen molar-refractivity contribution < 1.29 is 0 Å². The number of halogens is 3. The van der Waals surface area contributed by atoms with Crippen molar-refractivity contribution >= 4 is 36.4 Å². The fourth-order valence-electron chi connectivity index (χ4n) is 1.17. The van der Waals surface area contributed by atoms with E-state index in [-0.39, 0.29) is 24.8 Å². The molecule has 2 unspecified atom stereocenters. The molecule has 1 saturated heterocycles. The van der Waals surface area contributed by atoms with Crippen LogP contribution in [0.25, 0.3) is 0 Å². The Morgan fingerprint density at radius 1 is 1.25 bits per heavy atom. The van der Waals surface area contributed by atoms with Crippen LogP contribution in [0.5, 0.6) is 0 Å². The third kappa shape index (κ3) is 5.44. The lowest BCUT2D eigenvalue weighted by Crippen LogP contribution is -2.53. The van der Waals surface area contributed by atoms with Crippen LogP contribution in [-0.4, -0.2) is 31.1 Å². The van der Waals surface area contributed by atoms with E-state index >= 15 is 0 Å². The van der Waals surface area contributed by atoms with Crippen LogP contribution in [0.4, 0.5) is 0 Å². The van der Waals surface area contributed by atoms with E-state index in [2.05, 4.69) is 17.6 Å². The molecular formula is C7H17Cl3N2. The minimum absolute atomic E-state index is 0. The molecule has 2 N–H and O–H groups in total. The topological polar surface area (TPSA) is 24.1 Å². The van der Waals surface area contributed by atoms with Gasteiger partial charge in [0.1, 0.15) is 0 Å². The molecule has 2 atom stereocenters. The van der Waals surface area contributed by atoms with Gasteiger partial charge in [-0.2, -0.15) is 0 Å². The van der Waals surface area contributed by atoms with Gasteiger partial charge in [0.15, 0.2) is 0 Å². The smallest absolute Gasteiger partial charge is 0.0238 e. The van der Waals surface area contributed by atoms with E-state index < -0.39 is 0 Å². The Kier molecular flexibility index (Phi) is 10.7. The molecule has 0 aromatic carbocycles. The van der Waals surface area contributed by atoms with Crippen LogP contribution in [0, 0.1) is 0 Å². The van der Waals surface area contributed by atoms with Crippen molar-refractivity contribution in [2.24, 2.45) is 0 Å². The lowest BCUT2D eigenvalue weighted by atomic mass is 10.1. The summed E-state index contributed by atoms with van der Waals surface area (Å²) in [5.41, 5.74) is 0. The molecule has 2 nitrogen and oxygen atoms in total. The molecule has 1 aliphatic heterocycles. The molecule has 0 aliphatic carbocycles. The molecular weight excluding hydrogens is 218 g/mol. The lowest BCUT2D eigenvalue weighted by molar-refractivity contribution is 0.355. The highest BCUT2D eigenvalue weighted by atomic mass is 35.5. The summed E-state index contributed by atoms with van der Waals surface area (Å²) in [6, 6.07) is 1.21. The number of rotatable bonds is 2. The van der Waals surface area contributed by atoms with Gasteiger partial charge in [-0.15, -0.1) is 36.4 Å². The number of nitrogens with one attached hydrogen (secondary N) is 2. The van der Waals surface area contributed by atoms with Crippen molar-refractivity contribution in [1.82, 2.24) is 10.6 Å². The molecule has 0 aromatic heterocycles. The second-order valence-electron chi connectivity index (χ2n) is 2.89. The van der Waals surface area contributed by atoms with Gasteiger partial charge in [-0.05, 0) is 13.3 Å². The SMILES string of the molecule is CC1CNC(CCCl)CN1.Cl.Cl. The minimum Gasteiger partial charge on any atom is -0.311 e. The fraction of sp³-hybridized carbons (Fsp3) is 1.00. The fourth-order valence-corrected chi connectivity index (χ4v) is 1.43. The quantitative estimate of drug-likeness (QED) is 0.707. The summed E-state index contributed by atoms with van der Waals surface area (Å²) in [6.45, 7) is 4.32. The molecule has 0 bridgehead atoms. The zero-order valence-electron chi connectivity index (χ0n) is 7.18. The highest BCUT2D eigenvalue weighted by molar-refractivity contribution is 6.17. The molecule has 0 radical (unpaired) electrons. The van der Waals surface area contributed by atoms with E-state index in [1.54, 1.807) is 0 Å². The summed E-state index contributed by atoms with van der Waals surface area (Å²) in [4.78, 5) is 0. The van der Waals surface area contributed by atoms with Crippen molar-refractivity contribution in [1.29, 1.82) is 0 Å². The predicted molar refractivity (Wildman–Crippen MR) is 59.1 cm³/mol. The zero-order valence-corrected chi connectivity index (χ0v) is 9.57. The summed E-state index contributed by atoms with van der Waals surface area (Å²) in [6.07, 6.45) is 1.07. The van der Waals surface area contributed by atoms with Gasteiger partial charge >= 0.3 is 0 Å². The van der Waals surface area contributed by atoms with Crippen LogP contribution in [0.3, 0.4) is 0 Å². The Labute approximate surface area is 91.6 Å². The normalized spacial score (nSPS) is 28.5. The molecule has 0 aromatic rings. The highest BCUT2D eigenvalue weighted by Gasteiger charge is 2.14. The molecule has 1 rings (SSSR count). The maximum absolute atomic E-state index is 5.60. The standard InChI is InChI=1S/C7H15ClN2.2ClH/c1-6-4-10-7(2-3-8)5-9-6;;/h6-7,9-10H,2-5H2,1H3;2*1H. The Morgan fingerprint density at radius 2 is 1.92 bits per heavy atom. The van der Waals surface area contributed by atoms with E-state index in [1.165, 1.54) is 0 Å². The van der Waals surface area contributed by atoms with Gasteiger partial charge in [0, 0.05) is 31.1 Å². The summed E-state index contributed by atoms with van der Waals surface area (Å²) in [7, 11) is 0. The average Bonchev–Trinajstić information content (AvgIpc) is 1.95. The van der Waals surface area contributed by atoms with Gasteiger partial charge in [0.05, 0.1) is 0 Å². The van der Waals surface area contributed by atoms with E-state index in [0.717, 1.165) is 25.4 Å². The van der Waals surface area contributed by atoms with Gasteiger partial charge in [-0.3, -0.25) is 0 Å². The molecule has 1 heterocycles. The van der Waals surface area contributed by atoms with Crippen molar-refractivity contribution in [2.45, 2.75) is 25.4 Å². The van der Waals surface area contributed by atoms with Crippen molar-refractivity contribution in [3.05, 3.63) is 0 Å². The monoisotopic (exact) mass is 234 g/mol. The second kappa shape index (κ2) is 8.39. The van der Waals surface area contributed by atoms with Gasteiger partial charge in [0.2, 0.25) is 0 Å². The number of piperazine rings is 1. The molecule has 0 amide bonds. The maximum atomic E-state index is 5.60. The summed E-state index contributed by atoms with van der Waals surface area (Å²) >= 11 is 5.60. The first kappa shape index (κ1) is 15.3. The van der Waals surface area contributed by atoms with Crippen molar-refractivity contribution in [2.75, 3.05) is 19.0 Å². The Morgan fingerprint density at radius 3 is 2.33 bits per heavy atom. The maximum Gasteiger partial charge on any atom is 0.0238 e. The molecule has 5 heteroatoms. The number of alkyl halides is 1. The first-order valence-corrected chi connectivity index (χ1v) is 4.39. The van der Waals surface area contributed by atoms with E-state index in [0.29, 0.717) is 12.1 Å². The van der Waals surface area contributed by atoms with Crippen LogP contribution in [0.15, 0.2) is 0 Å². The largest absolute Gasteiger partial charge is 0.311 e. The molecule has 1 fully saturated rings. The Hall–Kier alpha value is 0.790. The summed E-state index contributed by atoms with van der Waals surface area (Å²) in [5, 5.41) is 6.82. The molecule has 12 heavy (non-hydrogen) atoms. The highest BCUT2D eigenvalue weighted by Crippen LogP contribution is 1.98. The van der Waals surface area contributed by atoms with E-state index in [1.807, 2.05) is 0 Å². The predicted octanol–water partition coefficient (Wildman–Crippen LogP) is 1.41. The van der Waals surface area contributed by atoms with E-state index in [4.69, 9.17) is 11.6 Å². The van der Waals surface area contributed by atoms with Crippen molar-refractivity contribution in [3.63, 3.8) is 0 Å². The van der Waals surface area contributed by atoms with Gasteiger partial charge < -0.3 is 10.6 Å². The van der Waals surface area contributed by atoms with Crippen LogP contribution in [0.1, 0.15) is 13.3 Å². The van der Waals surface area contributed by atoms with E-state index in [9.17, 15) is 0 Å². The molecule has 0 saturated carbocycles. The number of hydrogen-bond donors (Lipinski definition) is 2. The first-order chi connectivity index (χ1) is 4.83.